The number of rotatable bonds is 6. The number of nitrogens with zero attached hydrogens (tertiary/aromatic N) is 1. The Morgan fingerprint density at radius 2 is 1.92 bits per heavy atom. The summed E-state index contributed by atoms with van der Waals surface area (Å²) in [6.45, 7) is 1.58. The number of fused-ring (bicyclic) bond motifs is 1. The maximum absolute atomic E-state index is 13.1. The highest BCUT2D eigenvalue weighted by molar-refractivity contribution is 7.10. The van der Waals surface area contributed by atoms with E-state index in [1.54, 1.807) is 16.2 Å². The van der Waals surface area contributed by atoms with Crippen LogP contribution in [0.2, 0.25) is 0 Å². The Bertz CT molecular complexity index is 786. The van der Waals surface area contributed by atoms with E-state index in [9.17, 15) is 18.4 Å². The van der Waals surface area contributed by atoms with Crippen molar-refractivity contribution in [3.8, 4) is 0 Å². The smallest absolute Gasteiger partial charge is 0.223 e. The predicted molar refractivity (Wildman–Crippen MR) is 95.7 cm³/mol. The Morgan fingerprint density at radius 1 is 1.15 bits per heavy atom. The summed E-state index contributed by atoms with van der Waals surface area (Å²) in [6.07, 6.45) is 1.49. The van der Waals surface area contributed by atoms with Crippen molar-refractivity contribution in [1.82, 2.24) is 10.2 Å². The third kappa shape index (κ3) is 4.88. The summed E-state index contributed by atoms with van der Waals surface area (Å²) in [5.41, 5.74) is 1.68. The largest absolute Gasteiger partial charge is 0.356 e. The second-order valence-electron chi connectivity index (χ2n) is 6.31. The number of amides is 2. The van der Waals surface area contributed by atoms with Gasteiger partial charge in [0.05, 0.1) is 0 Å². The number of carbonyl (C=O) groups is 2. The lowest BCUT2D eigenvalue weighted by molar-refractivity contribution is -0.134. The molecule has 0 saturated carbocycles. The van der Waals surface area contributed by atoms with E-state index >= 15 is 0 Å². The van der Waals surface area contributed by atoms with Crippen molar-refractivity contribution in [3.05, 3.63) is 57.3 Å². The van der Waals surface area contributed by atoms with Gasteiger partial charge in [-0.15, -0.1) is 11.3 Å². The maximum Gasteiger partial charge on any atom is 0.223 e. The van der Waals surface area contributed by atoms with Gasteiger partial charge in [-0.3, -0.25) is 9.59 Å². The summed E-state index contributed by atoms with van der Waals surface area (Å²) in [4.78, 5) is 27.3. The van der Waals surface area contributed by atoms with E-state index in [0.717, 1.165) is 12.5 Å². The van der Waals surface area contributed by atoms with Crippen LogP contribution in [0.4, 0.5) is 8.78 Å². The van der Waals surface area contributed by atoms with Gasteiger partial charge in [0.1, 0.15) is 11.6 Å². The van der Waals surface area contributed by atoms with E-state index in [1.807, 2.05) is 11.4 Å². The fourth-order valence-corrected chi connectivity index (χ4v) is 3.92. The summed E-state index contributed by atoms with van der Waals surface area (Å²) >= 11 is 1.72. The average molecular weight is 378 g/mol. The van der Waals surface area contributed by atoms with Crippen molar-refractivity contribution < 1.29 is 18.4 Å². The predicted octanol–water partition coefficient (Wildman–Crippen LogP) is 3.05. The molecule has 0 aliphatic carbocycles. The van der Waals surface area contributed by atoms with Crippen molar-refractivity contribution in [3.63, 3.8) is 0 Å². The van der Waals surface area contributed by atoms with Gasteiger partial charge in [0.15, 0.2) is 0 Å². The molecule has 138 valence electrons. The van der Waals surface area contributed by atoms with E-state index in [2.05, 4.69) is 5.32 Å². The highest BCUT2D eigenvalue weighted by Crippen LogP contribution is 2.24. The van der Waals surface area contributed by atoms with Crippen molar-refractivity contribution in [2.45, 2.75) is 32.2 Å². The Kier molecular flexibility index (Phi) is 5.98. The van der Waals surface area contributed by atoms with Crippen molar-refractivity contribution in [1.29, 1.82) is 0 Å². The van der Waals surface area contributed by atoms with Gasteiger partial charge in [0.25, 0.3) is 0 Å². The van der Waals surface area contributed by atoms with E-state index in [-0.39, 0.29) is 31.2 Å². The van der Waals surface area contributed by atoms with Crippen LogP contribution in [0.1, 0.15) is 28.8 Å². The van der Waals surface area contributed by atoms with E-state index in [1.165, 1.54) is 22.6 Å². The van der Waals surface area contributed by atoms with E-state index in [4.69, 9.17) is 0 Å². The van der Waals surface area contributed by atoms with Crippen LogP contribution in [0.3, 0.4) is 0 Å². The molecule has 26 heavy (non-hydrogen) atoms. The molecular formula is C19H20F2N2O2S. The number of benzene rings is 1. The van der Waals surface area contributed by atoms with E-state index < -0.39 is 11.6 Å². The number of carbonyl (C=O) groups excluding carboxylic acids is 2. The maximum atomic E-state index is 13.1. The summed E-state index contributed by atoms with van der Waals surface area (Å²) < 4.78 is 26.2. The zero-order chi connectivity index (χ0) is 18.5. The second kappa shape index (κ2) is 8.40. The first-order valence-electron chi connectivity index (χ1n) is 8.56. The molecular weight excluding hydrogens is 358 g/mol. The molecule has 2 amide bonds. The molecule has 0 fully saturated rings. The highest BCUT2D eigenvalue weighted by Gasteiger charge is 2.21. The summed E-state index contributed by atoms with van der Waals surface area (Å²) in [5, 5.41) is 4.73. The summed E-state index contributed by atoms with van der Waals surface area (Å²) in [6, 6.07) is 5.34. The van der Waals surface area contributed by atoms with Crippen LogP contribution in [-0.2, 0) is 29.0 Å². The minimum absolute atomic E-state index is 0.0239. The summed E-state index contributed by atoms with van der Waals surface area (Å²) in [5.74, 6) is -1.52. The molecule has 0 bridgehead atoms. The minimum atomic E-state index is -0.632. The Morgan fingerprint density at radius 3 is 2.69 bits per heavy atom. The lowest BCUT2D eigenvalue weighted by atomic mass is 10.1. The third-order valence-corrected chi connectivity index (χ3v) is 5.41. The molecule has 1 aliphatic heterocycles. The monoisotopic (exact) mass is 378 g/mol. The second-order valence-corrected chi connectivity index (χ2v) is 7.31. The normalized spacial score (nSPS) is 13.4. The summed E-state index contributed by atoms with van der Waals surface area (Å²) in [7, 11) is 0. The molecule has 0 radical (unpaired) electrons. The zero-order valence-corrected chi connectivity index (χ0v) is 15.1. The third-order valence-electron chi connectivity index (χ3n) is 4.38. The molecule has 1 aromatic heterocycles. The molecule has 1 aliphatic rings. The first-order chi connectivity index (χ1) is 12.5. The number of halogens is 2. The molecule has 0 atom stereocenters. The van der Waals surface area contributed by atoms with Crippen molar-refractivity contribution in [2.24, 2.45) is 0 Å². The molecule has 0 unspecified atom stereocenters. The van der Waals surface area contributed by atoms with Crippen LogP contribution in [0.5, 0.6) is 0 Å². The highest BCUT2D eigenvalue weighted by atomic mass is 32.1. The standard InChI is InChI=1S/C19H20F2N2O2S/c20-15-9-13(10-16(21)11-15)3-6-22-18(24)1-2-19(25)23-7-4-17-14(12-23)5-8-26-17/h5,8-11H,1-4,6-7,12H2,(H,22,24). The van der Waals surface area contributed by atoms with Gasteiger partial charge in [-0.25, -0.2) is 8.78 Å². The first-order valence-corrected chi connectivity index (χ1v) is 9.44. The molecule has 2 heterocycles. The van der Waals surface area contributed by atoms with E-state index in [0.29, 0.717) is 25.1 Å². The Hall–Kier alpha value is -2.28. The van der Waals surface area contributed by atoms with Gasteiger partial charge in [0.2, 0.25) is 11.8 Å². The molecule has 1 N–H and O–H groups in total. The van der Waals surface area contributed by atoms with Crippen LogP contribution < -0.4 is 5.32 Å². The number of thiophene rings is 1. The Labute approximate surface area is 154 Å². The lowest BCUT2D eigenvalue weighted by Gasteiger charge is -2.27. The molecule has 0 spiro atoms. The van der Waals surface area contributed by atoms with Crippen LogP contribution >= 0.6 is 11.3 Å². The topological polar surface area (TPSA) is 49.4 Å². The number of nitrogens with one attached hydrogen (secondary N) is 1. The van der Waals surface area contributed by atoms with Gasteiger partial charge < -0.3 is 10.2 Å². The fraction of sp³-hybridized carbons (Fsp3) is 0.368. The molecule has 7 heteroatoms. The van der Waals surface area contributed by atoms with Crippen molar-refractivity contribution in [2.75, 3.05) is 13.1 Å². The van der Waals surface area contributed by atoms with Gasteiger partial charge in [-0.2, -0.15) is 0 Å². The number of hydrogen-bond donors (Lipinski definition) is 1. The molecule has 0 saturated heterocycles. The molecule has 1 aromatic carbocycles. The minimum Gasteiger partial charge on any atom is -0.356 e. The first kappa shape index (κ1) is 18.5. The van der Waals surface area contributed by atoms with Gasteiger partial charge in [-0.05, 0) is 47.5 Å². The Balaban J connectivity index is 1.38. The zero-order valence-electron chi connectivity index (χ0n) is 14.3. The van der Waals surface area contributed by atoms with Crippen LogP contribution in [0, 0.1) is 11.6 Å². The van der Waals surface area contributed by atoms with Crippen LogP contribution in [0.15, 0.2) is 29.6 Å². The quantitative estimate of drug-likeness (QED) is 0.840. The van der Waals surface area contributed by atoms with Crippen LogP contribution in [0.25, 0.3) is 0 Å². The van der Waals surface area contributed by atoms with Gasteiger partial charge in [-0.1, -0.05) is 0 Å². The van der Waals surface area contributed by atoms with Crippen molar-refractivity contribution >= 4 is 23.2 Å². The number of hydrogen-bond acceptors (Lipinski definition) is 3. The average Bonchev–Trinajstić information content (AvgIpc) is 3.06. The molecule has 4 nitrogen and oxygen atoms in total. The van der Waals surface area contributed by atoms with Gasteiger partial charge in [0, 0.05) is 43.4 Å². The van der Waals surface area contributed by atoms with Crippen LogP contribution in [-0.4, -0.2) is 29.8 Å². The lowest BCUT2D eigenvalue weighted by Crippen LogP contribution is -2.36. The fourth-order valence-electron chi connectivity index (χ4n) is 3.03. The molecule has 3 rings (SSSR count). The SMILES string of the molecule is O=C(CCC(=O)N1CCc2sccc2C1)NCCc1cc(F)cc(F)c1. The van der Waals surface area contributed by atoms with Gasteiger partial charge >= 0.3 is 0 Å². The molecule has 2 aromatic rings.